The van der Waals surface area contributed by atoms with Gasteiger partial charge in [0.25, 0.3) is 0 Å². The fraction of sp³-hybridized carbons (Fsp3) is 0.0769. The first-order valence-electron chi connectivity index (χ1n) is 5.62. The van der Waals surface area contributed by atoms with E-state index < -0.39 is 17.4 Å². The molecule has 0 aliphatic heterocycles. The molecule has 0 atom stereocenters. The molecule has 0 amide bonds. The largest absolute Gasteiger partial charge is 0.483 e. The van der Waals surface area contributed by atoms with E-state index in [0.717, 1.165) is 12.1 Å². The highest BCUT2D eigenvalue weighted by atomic mass is 19.1. The molecular formula is C13H11F2N3O2. The number of halogens is 2. The number of hydrogen-bond donors (Lipinski definition) is 2. The number of rotatable bonds is 4. The summed E-state index contributed by atoms with van der Waals surface area (Å²) in [6.07, 6.45) is 1.44. The van der Waals surface area contributed by atoms with E-state index in [4.69, 9.17) is 15.7 Å². The summed E-state index contributed by atoms with van der Waals surface area (Å²) >= 11 is 0. The molecule has 5 nitrogen and oxygen atoms in total. The van der Waals surface area contributed by atoms with Crippen LogP contribution in [0.25, 0.3) is 0 Å². The Labute approximate surface area is 113 Å². The highest BCUT2D eigenvalue weighted by Gasteiger charge is 2.13. The first-order valence-corrected chi connectivity index (χ1v) is 5.62. The highest BCUT2D eigenvalue weighted by Crippen LogP contribution is 2.22. The molecule has 0 saturated heterocycles. The highest BCUT2D eigenvalue weighted by molar-refractivity contribution is 5.96. The van der Waals surface area contributed by atoms with Crippen LogP contribution in [0, 0.1) is 11.6 Å². The van der Waals surface area contributed by atoms with Gasteiger partial charge in [0.15, 0.2) is 23.2 Å². The zero-order chi connectivity index (χ0) is 14.5. The van der Waals surface area contributed by atoms with Crippen LogP contribution < -0.4 is 10.5 Å². The van der Waals surface area contributed by atoms with Crippen LogP contribution in [0.15, 0.2) is 41.7 Å². The monoisotopic (exact) mass is 279 g/mol. The van der Waals surface area contributed by atoms with Crippen LogP contribution >= 0.6 is 0 Å². The Bertz CT molecular complexity index is 627. The van der Waals surface area contributed by atoms with Crippen LogP contribution in [0.1, 0.15) is 11.3 Å². The van der Waals surface area contributed by atoms with Gasteiger partial charge in [0, 0.05) is 11.8 Å². The molecule has 0 radical (unpaired) electrons. The van der Waals surface area contributed by atoms with Gasteiger partial charge in [0.05, 0.1) is 0 Å². The second-order valence-corrected chi connectivity index (χ2v) is 3.84. The lowest BCUT2D eigenvalue weighted by Gasteiger charge is -2.10. The predicted octanol–water partition coefficient (Wildman–Crippen LogP) is 2.03. The minimum Gasteiger partial charge on any atom is -0.483 e. The fourth-order valence-electron chi connectivity index (χ4n) is 1.60. The average molecular weight is 279 g/mol. The van der Waals surface area contributed by atoms with Gasteiger partial charge in [-0.2, -0.15) is 0 Å². The van der Waals surface area contributed by atoms with Gasteiger partial charge in [0.2, 0.25) is 0 Å². The number of para-hydroxylation sites is 1. The van der Waals surface area contributed by atoms with Crippen molar-refractivity contribution in [1.82, 2.24) is 4.98 Å². The van der Waals surface area contributed by atoms with Crippen LogP contribution in [0.2, 0.25) is 0 Å². The van der Waals surface area contributed by atoms with E-state index in [9.17, 15) is 8.78 Å². The van der Waals surface area contributed by atoms with Gasteiger partial charge in [-0.1, -0.05) is 17.3 Å². The Hall–Kier alpha value is -2.70. The molecule has 0 unspecified atom stereocenters. The lowest BCUT2D eigenvalue weighted by atomic mass is 10.2. The topological polar surface area (TPSA) is 80.7 Å². The van der Waals surface area contributed by atoms with E-state index in [-0.39, 0.29) is 18.1 Å². The van der Waals surface area contributed by atoms with Crippen molar-refractivity contribution < 1.29 is 18.7 Å². The number of ether oxygens (including phenoxy) is 1. The van der Waals surface area contributed by atoms with Crippen molar-refractivity contribution in [3.05, 3.63) is 59.4 Å². The summed E-state index contributed by atoms with van der Waals surface area (Å²) in [4.78, 5) is 3.92. The molecule has 0 saturated carbocycles. The first kappa shape index (κ1) is 13.7. The van der Waals surface area contributed by atoms with E-state index in [1.54, 1.807) is 12.1 Å². The third kappa shape index (κ3) is 2.82. The van der Waals surface area contributed by atoms with Crippen molar-refractivity contribution in [2.45, 2.75) is 6.61 Å². The molecule has 7 heteroatoms. The van der Waals surface area contributed by atoms with E-state index in [0.29, 0.717) is 5.56 Å². The van der Waals surface area contributed by atoms with E-state index in [1.165, 1.54) is 12.3 Å². The quantitative estimate of drug-likeness (QED) is 0.388. The smallest absolute Gasteiger partial charge is 0.191 e. The van der Waals surface area contributed by atoms with Crippen molar-refractivity contribution in [2.75, 3.05) is 0 Å². The third-order valence-electron chi connectivity index (χ3n) is 2.53. The molecule has 0 aliphatic rings. The van der Waals surface area contributed by atoms with Gasteiger partial charge < -0.3 is 15.7 Å². The van der Waals surface area contributed by atoms with Crippen LogP contribution in [0.3, 0.4) is 0 Å². The molecule has 0 fully saturated rings. The Balaban J connectivity index is 2.24. The summed E-state index contributed by atoms with van der Waals surface area (Å²) in [6, 6.07) is 6.62. The number of pyridine rings is 1. The second kappa shape index (κ2) is 5.96. The molecule has 1 aromatic carbocycles. The van der Waals surface area contributed by atoms with Gasteiger partial charge in [-0.05, 0) is 18.2 Å². The summed E-state index contributed by atoms with van der Waals surface area (Å²) in [7, 11) is 0. The van der Waals surface area contributed by atoms with E-state index in [2.05, 4.69) is 10.1 Å². The Morgan fingerprint density at radius 1 is 1.25 bits per heavy atom. The Morgan fingerprint density at radius 2 is 1.95 bits per heavy atom. The maximum absolute atomic E-state index is 13.4. The number of benzene rings is 1. The lowest BCUT2D eigenvalue weighted by Crippen LogP contribution is -2.18. The van der Waals surface area contributed by atoms with Gasteiger partial charge in [-0.25, -0.2) is 8.78 Å². The van der Waals surface area contributed by atoms with Gasteiger partial charge >= 0.3 is 0 Å². The Kier molecular flexibility index (Phi) is 4.09. The molecule has 1 heterocycles. The summed E-state index contributed by atoms with van der Waals surface area (Å²) in [6.45, 7) is -0.169. The first-order chi connectivity index (χ1) is 9.63. The molecule has 3 N–H and O–H groups in total. The van der Waals surface area contributed by atoms with Crippen LogP contribution in [0.5, 0.6) is 5.75 Å². The summed E-state index contributed by atoms with van der Waals surface area (Å²) in [5.74, 6) is -2.31. The van der Waals surface area contributed by atoms with Gasteiger partial charge in [-0.3, -0.25) is 4.98 Å². The minimum atomic E-state index is -0.806. The summed E-state index contributed by atoms with van der Waals surface area (Å²) < 4.78 is 31.9. The number of hydrogen-bond acceptors (Lipinski definition) is 4. The van der Waals surface area contributed by atoms with Crippen LogP contribution in [-0.4, -0.2) is 16.0 Å². The lowest BCUT2D eigenvalue weighted by molar-refractivity contribution is 0.273. The van der Waals surface area contributed by atoms with E-state index >= 15 is 0 Å². The number of oxime groups is 1. The fourth-order valence-corrected chi connectivity index (χ4v) is 1.60. The molecule has 0 aliphatic carbocycles. The average Bonchev–Trinajstić information content (AvgIpc) is 2.46. The Morgan fingerprint density at radius 3 is 2.60 bits per heavy atom. The van der Waals surface area contributed by atoms with Crippen LogP contribution in [0.4, 0.5) is 8.78 Å². The molecule has 2 rings (SSSR count). The second-order valence-electron chi connectivity index (χ2n) is 3.84. The third-order valence-corrected chi connectivity index (χ3v) is 2.53. The number of nitrogens with two attached hydrogens (primary N) is 1. The van der Waals surface area contributed by atoms with Gasteiger partial charge in [0.1, 0.15) is 12.3 Å². The number of nitrogens with zero attached hydrogens (tertiary/aromatic N) is 2. The number of aromatic nitrogens is 1. The summed E-state index contributed by atoms with van der Waals surface area (Å²) in [5, 5.41) is 11.5. The van der Waals surface area contributed by atoms with Gasteiger partial charge in [-0.15, -0.1) is 0 Å². The van der Waals surface area contributed by atoms with Crippen molar-refractivity contribution in [3.63, 3.8) is 0 Å². The molecule has 20 heavy (non-hydrogen) atoms. The minimum absolute atomic E-state index is 0.169. The molecule has 0 bridgehead atoms. The molecular weight excluding hydrogens is 268 g/mol. The van der Waals surface area contributed by atoms with Crippen molar-refractivity contribution in [3.8, 4) is 5.75 Å². The van der Waals surface area contributed by atoms with Crippen LogP contribution in [-0.2, 0) is 6.61 Å². The maximum atomic E-state index is 13.4. The van der Waals surface area contributed by atoms with E-state index in [1.807, 2.05) is 0 Å². The zero-order valence-electron chi connectivity index (χ0n) is 10.3. The maximum Gasteiger partial charge on any atom is 0.191 e. The molecule has 1 aromatic heterocycles. The normalized spacial score (nSPS) is 11.4. The van der Waals surface area contributed by atoms with Crippen molar-refractivity contribution in [2.24, 2.45) is 10.9 Å². The molecule has 0 spiro atoms. The zero-order valence-corrected chi connectivity index (χ0v) is 10.3. The molecule has 2 aromatic rings. The number of amidine groups is 1. The molecule has 104 valence electrons. The SMILES string of the molecule is N/C(=N/O)c1ncccc1COc1c(F)cccc1F. The predicted molar refractivity (Wildman–Crippen MR) is 67.4 cm³/mol. The van der Waals surface area contributed by atoms with Crippen molar-refractivity contribution >= 4 is 5.84 Å². The van der Waals surface area contributed by atoms with Crippen molar-refractivity contribution in [1.29, 1.82) is 0 Å². The standard InChI is InChI=1S/C13H11F2N3O2/c14-9-4-1-5-10(15)12(9)20-7-8-3-2-6-17-11(8)13(16)18-19/h1-6,19H,7H2,(H2,16,18). The summed E-state index contributed by atoms with van der Waals surface area (Å²) in [5.41, 5.74) is 6.08.